The highest BCUT2D eigenvalue weighted by Crippen LogP contribution is 2.15. The van der Waals surface area contributed by atoms with Crippen LogP contribution in [0.4, 0.5) is 0 Å². The van der Waals surface area contributed by atoms with Crippen LogP contribution in [0, 0.1) is 0 Å². The van der Waals surface area contributed by atoms with Crippen LogP contribution in [-0.4, -0.2) is 21.8 Å². The van der Waals surface area contributed by atoms with Gasteiger partial charge in [0.1, 0.15) is 5.60 Å². The van der Waals surface area contributed by atoms with E-state index in [4.69, 9.17) is 0 Å². The van der Waals surface area contributed by atoms with Crippen molar-refractivity contribution in [2.24, 2.45) is 0 Å². The van der Waals surface area contributed by atoms with Crippen molar-refractivity contribution in [1.29, 1.82) is 0 Å². The van der Waals surface area contributed by atoms with Crippen LogP contribution in [0.15, 0.2) is 24.3 Å². The number of halogens is 1. The zero-order valence-corrected chi connectivity index (χ0v) is 6.84. The van der Waals surface area contributed by atoms with E-state index in [1.165, 1.54) is 24.3 Å². The highest BCUT2D eigenvalue weighted by molar-refractivity contribution is 9.09. The Balaban J connectivity index is 2.78. The topological polar surface area (TPSA) is 37.3 Å². The lowest BCUT2D eigenvalue weighted by atomic mass is 10.0. The third-order valence-corrected chi connectivity index (χ3v) is 2.18. The van der Waals surface area contributed by atoms with Crippen molar-refractivity contribution in [2.45, 2.75) is 5.60 Å². The van der Waals surface area contributed by atoms with Gasteiger partial charge in [-0.15, -0.1) is 0 Å². The largest absolute Gasteiger partial charge is 0.381 e. The Morgan fingerprint density at radius 2 is 2.00 bits per heavy atom. The Hall–Kier alpha value is -0.410. The maximum Gasteiger partial charge on any atom is 0.178 e. The van der Waals surface area contributed by atoms with Gasteiger partial charge in [0.25, 0.3) is 0 Å². The number of hydrogen-bond acceptors (Lipinski definition) is 2. The van der Waals surface area contributed by atoms with E-state index in [1.54, 1.807) is 0 Å². The van der Waals surface area contributed by atoms with Crippen molar-refractivity contribution >= 4 is 21.7 Å². The minimum Gasteiger partial charge on any atom is -0.381 e. The maximum atomic E-state index is 10.6. The molecule has 0 radical (unpaired) electrons. The lowest BCUT2D eigenvalue weighted by Crippen LogP contribution is -2.27. The molecule has 0 amide bonds. The van der Waals surface area contributed by atoms with Crippen molar-refractivity contribution < 1.29 is 9.90 Å². The van der Waals surface area contributed by atoms with Gasteiger partial charge in [-0.3, -0.25) is 4.79 Å². The second-order valence-corrected chi connectivity index (χ2v) is 2.75. The van der Waals surface area contributed by atoms with E-state index in [-0.39, 0.29) is 5.78 Å². The molecule has 0 fully saturated rings. The highest BCUT2D eigenvalue weighted by atomic mass is 79.9. The van der Waals surface area contributed by atoms with Gasteiger partial charge in [0, 0.05) is 5.33 Å². The molecular weight excluding hydrogens is 196 g/mol. The van der Waals surface area contributed by atoms with Crippen LogP contribution in [0.3, 0.4) is 0 Å². The van der Waals surface area contributed by atoms with Gasteiger partial charge in [0.05, 0.1) is 0 Å². The number of allylic oxidation sites excluding steroid dienone is 2. The molecule has 0 heterocycles. The van der Waals surface area contributed by atoms with Crippen LogP contribution >= 0.6 is 15.9 Å². The number of ketones is 1. The summed E-state index contributed by atoms with van der Waals surface area (Å²) in [6, 6.07) is 0. The van der Waals surface area contributed by atoms with Gasteiger partial charge in [0.15, 0.2) is 5.78 Å². The van der Waals surface area contributed by atoms with Crippen LogP contribution < -0.4 is 0 Å². The second kappa shape index (κ2) is 2.68. The average Bonchev–Trinajstić information content (AvgIpc) is 1.96. The molecule has 0 spiro atoms. The number of alkyl halides is 1. The number of carbonyl (C=O) groups excluding carboxylic acids is 1. The van der Waals surface area contributed by atoms with Crippen LogP contribution in [0.5, 0.6) is 0 Å². The molecule has 0 aliphatic heterocycles. The Morgan fingerprint density at radius 1 is 1.50 bits per heavy atom. The third-order valence-electron chi connectivity index (χ3n) is 1.29. The molecule has 0 bridgehead atoms. The van der Waals surface area contributed by atoms with E-state index in [2.05, 4.69) is 15.9 Å². The summed E-state index contributed by atoms with van der Waals surface area (Å²) in [7, 11) is 0. The van der Waals surface area contributed by atoms with Crippen molar-refractivity contribution in [2.75, 3.05) is 5.33 Å². The van der Waals surface area contributed by atoms with E-state index in [1.807, 2.05) is 0 Å². The fourth-order valence-corrected chi connectivity index (χ4v) is 1.03. The summed E-state index contributed by atoms with van der Waals surface area (Å²) in [5.41, 5.74) is -0.964. The summed E-state index contributed by atoms with van der Waals surface area (Å²) >= 11 is 3.12. The first-order valence-electron chi connectivity index (χ1n) is 2.87. The quantitative estimate of drug-likeness (QED) is 0.640. The van der Waals surface area contributed by atoms with Crippen LogP contribution in [0.1, 0.15) is 0 Å². The maximum absolute atomic E-state index is 10.6. The van der Waals surface area contributed by atoms with Gasteiger partial charge in [-0.05, 0) is 24.3 Å². The predicted molar refractivity (Wildman–Crippen MR) is 42.0 cm³/mol. The van der Waals surface area contributed by atoms with Crippen molar-refractivity contribution in [1.82, 2.24) is 0 Å². The second-order valence-electron chi connectivity index (χ2n) is 2.19. The molecule has 3 heteroatoms. The summed E-state index contributed by atoms with van der Waals surface area (Å²) in [6.07, 6.45) is 5.68. The van der Waals surface area contributed by atoms with E-state index in [0.29, 0.717) is 5.33 Å². The fraction of sp³-hybridized carbons (Fsp3) is 0.286. The Bertz CT molecular complexity index is 190. The lowest BCUT2D eigenvalue weighted by Gasteiger charge is -2.18. The fourth-order valence-electron chi connectivity index (χ4n) is 0.653. The van der Waals surface area contributed by atoms with E-state index in [0.717, 1.165) is 0 Å². The van der Waals surface area contributed by atoms with Gasteiger partial charge < -0.3 is 5.11 Å². The van der Waals surface area contributed by atoms with Crippen LogP contribution in [-0.2, 0) is 4.79 Å². The molecule has 1 rings (SSSR count). The number of rotatable bonds is 1. The standard InChI is InChI=1S/C7H7BrO2/c8-5-7(10)3-1-6(9)2-4-7/h1-4,10H,5H2. The summed E-state index contributed by atoms with van der Waals surface area (Å²) in [4.78, 5) is 10.6. The molecule has 0 aromatic carbocycles. The molecule has 1 aliphatic carbocycles. The summed E-state index contributed by atoms with van der Waals surface area (Å²) in [5.74, 6) is -0.0781. The predicted octanol–water partition coefficient (Wildman–Crippen LogP) is 0.807. The first-order valence-corrected chi connectivity index (χ1v) is 3.99. The van der Waals surface area contributed by atoms with Crippen LogP contribution in [0.2, 0.25) is 0 Å². The van der Waals surface area contributed by atoms with E-state index >= 15 is 0 Å². The molecule has 0 unspecified atom stereocenters. The zero-order chi connectivity index (χ0) is 7.61. The number of carbonyl (C=O) groups is 1. The first-order chi connectivity index (χ1) is 4.66. The van der Waals surface area contributed by atoms with Crippen LogP contribution in [0.25, 0.3) is 0 Å². The van der Waals surface area contributed by atoms with Gasteiger partial charge >= 0.3 is 0 Å². The Labute approximate surface area is 67.4 Å². The molecule has 1 N–H and O–H groups in total. The lowest BCUT2D eigenvalue weighted by molar-refractivity contribution is -0.110. The van der Waals surface area contributed by atoms with Gasteiger partial charge in [-0.1, -0.05) is 15.9 Å². The van der Waals surface area contributed by atoms with Crippen molar-refractivity contribution in [3.63, 3.8) is 0 Å². The molecule has 0 aromatic rings. The molecule has 2 nitrogen and oxygen atoms in total. The highest BCUT2D eigenvalue weighted by Gasteiger charge is 2.20. The summed E-state index contributed by atoms with van der Waals surface area (Å²) < 4.78 is 0. The first kappa shape index (κ1) is 7.69. The van der Waals surface area contributed by atoms with Crippen molar-refractivity contribution in [3.8, 4) is 0 Å². The molecule has 0 saturated heterocycles. The molecule has 0 saturated carbocycles. The number of hydrogen-bond donors (Lipinski definition) is 1. The minimum absolute atomic E-state index is 0.0781. The number of aliphatic hydroxyl groups is 1. The Morgan fingerprint density at radius 3 is 2.40 bits per heavy atom. The normalized spacial score (nSPS) is 21.6. The summed E-state index contributed by atoms with van der Waals surface area (Å²) in [6.45, 7) is 0. The zero-order valence-electron chi connectivity index (χ0n) is 5.25. The van der Waals surface area contributed by atoms with Gasteiger partial charge in [-0.25, -0.2) is 0 Å². The average molecular weight is 203 g/mol. The van der Waals surface area contributed by atoms with E-state index < -0.39 is 5.60 Å². The molecule has 1 aliphatic rings. The van der Waals surface area contributed by atoms with Gasteiger partial charge in [-0.2, -0.15) is 0 Å². The molecule has 54 valence electrons. The molecule has 10 heavy (non-hydrogen) atoms. The third kappa shape index (κ3) is 1.55. The smallest absolute Gasteiger partial charge is 0.178 e. The minimum atomic E-state index is -0.964. The molecule has 0 aromatic heterocycles. The SMILES string of the molecule is O=C1C=CC(O)(CBr)C=C1. The molecule has 0 atom stereocenters. The van der Waals surface area contributed by atoms with Crippen molar-refractivity contribution in [3.05, 3.63) is 24.3 Å². The van der Waals surface area contributed by atoms with Gasteiger partial charge in [0.2, 0.25) is 0 Å². The Kier molecular flexibility index (Phi) is 2.06. The summed E-state index contributed by atoms with van der Waals surface area (Å²) in [5, 5.41) is 9.84. The van der Waals surface area contributed by atoms with E-state index in [9.17, 15) is 9.90 Å². The monoisotopic (exact) mass is 202 g/mol. The molecular formula is C7H7BrO2.